The molecule has 0 saturated heterocycles. The predicted octanol–water partition coefficient (Wildman–Crippen LogP) is 8.30. The molecule has 0 spiro atoms. The maximum absolute atomic E-state index is 14.6. The molecule has 0 unspecified atom stereocenters. The Morgan fingerprint density at radius 2 is 1.55 bits per heavy atom. The number of hydrogen-bond donors (Lipinski definition) is 1. The Morgan fingerprint density at radius 1 is 0.955 bits per heavy atom. The number of carbonyl (C=O) groups excluding carboxylic acids is 2. The lowest BCUT2D eigenvalue weighted by molar-refractivity contribution is -0.348. The zero-order valence-corrected chi connectivity index (χ0v) is 23.0. The number of alkyl halides is 9. The summed E-state index contributed by atoms with van der Waals surface area (Å²) in [6.45, 7) is -2.33. The van der Waals surface area contributed by atoms with Crippen molar-refractivity contribution in [1.29, 1.82) is 0 Å². The molecule has 3 aromatic rings. The van der Waals surface area contributed by atoms with E-state index in [9.17, 15) is 53.5 Å². The van der Waals surface area contributed by atoms with E-state index in [1.807, 2.05) is 5.32 Å². The number of nitrogens with zero attached hydrogens (tertiary/aromatic N) is 1. The van der Waals surface area contributed by atoms with Gasteiger partial charge in [-0.3, -0.25) is 9.59 Å². The summed E-state index contributed by atoms with van der Waals surface area (Å²) in [5, 5.41) is 0.720. The Balaban J connectivity index is 2.11. The number of para-hydroxylation sites is 1. The topological polar surface area (TPSA) is 67.9 Å². The highest BCUT2D eigenvalue weighted by atomic mass is 35.5. The molecule has 0 heterocycles. The number of amides is 2. The third kappa shape index (κ3) is 6.64. The summed E-state index contributed by atoms with van der Waals surface area (Å²) in [6, 6.07) is 7.73. The SMILES string of the molecule is CCN(C(=O)c1ccc(F)cc1)c1cccc(C(=O)Nc2c(Cl)cc(C(F)(C(F)(F)F)C(F)(F)F)cc2OC(F)F)c1OC. The van der Waals surface area contributed by atoms with E-state index in [0.29, 0.717) is 0 Å². The quantitative estimate of drug-likeness (QED) is 0.235. The molecule has 0 bridgehead atoms. The number of benzene rings is 3. The molecule has 3 aromatic carbocycles. The Morgan fingerprint density at radius 3 is 2.05 bits per heavy atom. The molecule has 0 aliphatic carbocycles. The summed E-state index contributed by atoms with van der Waals surface area (Å²) in [7, 11) is 1.09. The van der Waals surface area contributed by atoms with Crippen molar-refractivity contribution in [1.82, 2.24) is 0 Å². The van der Waals surface area contributed by atoms with Crippen molar-refractivity contribution < 1.29 is 63.0 Å². The summed E-state index contributed by atoms with van der Waals surface area (Å²) in [4.78, 5) is 27.5. The highest BCUT2D eigenvalue weighted by Crippen LogP contribution is 2.55. The van der Waals surface area contributed by atoms with Crippen molar-refractivity contribution >= 4 is 34.8 Å². The van der Waals surface area contributed by atoms with Crippen LogP contribution in [0.15, 0.2) is 54.6 Å². The van der Waals surface area contributed by atoms with Gasteiger partial charge in [0.2, 0.25) is 0 Å². The number of ether oxygens (including phenoxy) is 2. The lowest BCUT2D eigenvalue weighted by atomic mass is 9.93. The third-order valence-corrected chi connectivity index (χ3v) is 6.37. The lowest BCUT2D eigenvalue weighted by Gasteiger charge is -2.31. The van der Waals surface area contributed by atoms with Crippen LogP contribution in [0.1, 0.15) is 33.2 Å². The molecular formula is C27H19ClF10N2O4. The van der Waals surface area contributed by atoms with Gasteiger partial charge < -0.3 is 19.7 Å². The molecule has 44 heavy (non-hydrogen) atoms. The summed E-state index contributed by atoms with van der Waals surface area (Å²) in [5.74, 6) is -4.34. The van der Waals surface area contributed by atoms with Gasteiger partial charge in [0.1, 0.15) is 11.5 Å². The summed E-state index contributed by atoms with van der Waals surface area (Å²) >= 11 is 5.80. The summed E-state index contributed by atoms with van der Waals surface area (Å²) in [6.07, 6.45) is -13.2. The first-order valence-corrected chi connectivity index (χ1v) is 12.4. The van der Waals surface area contributed by atoms with Crippen LogP contribution in [-0.2, 0) is 5.67 Å². The average molecular weight is 661 g/mol. The summed E-state index contributed by atoms with van der Waals surface area (Å²) in [5.41, 5.74) is -9.70. The van der Waals surface area contributed by atoms with Gasteiger partial charge in [-0.05, 0) is 55.5 Å². The Hall–Kier alpha value is -4.21. The van der Waals surface area contributed by atoms with Crippen LogP contribution >= 0.6 is 11.6 Å². The van der Waals surface area contributed by atoms with Crippen molar-refractivity contribution in [3.05, 3.63) is 82.1 Å². The minimum Gasteiger partial charge on any atom is -0.494 e. The predicted molar refractivity (Wildman–Crippen MR) is 138 cm³/mol. The second kappa shape index (κ2) is 12.8. The zero-order valence-electron chi connectivity index (χ0n) is 22.2. The molecule has 0 aromatic heterocycles. The van der Waals surface area contributed by atoms with Gasteiger partial charge in [0, 0.05) is 17.7 Å². The number of methoxy groups -OCH3 is 1. The highest BCUT2D eigenvalue weighted by molar-refractivity contribution is 6.34. The van der Waals surface area contributed by atoms with Crippen LogP contribution in [0, 0.1) is 5.82 Å². The number of rotatable bonds is 9. The second-order valence-corrected chi connectivity index (χ2v) is 9.14. The number of nitrogens with one attached hydrogen (secondary N) is 1. The van der Waals surface area contributed by atoms with Crippen LogP contribution in [-0.4, -0.2) is 44.4 Å². The number of hydrogen-bond acceptors (Lipinski definition) is 4. The molecule has 0 aliphatic rings. The molecule has 0 aliphatic heterocycles. The van der Waals surface area contributed by atoms with E-state index in [1.54, 1.807) is 6.92 Å². The van der Waals surface area contributed by atoms with Crippen LogP contribution in [0.3, 0.4) is 0 Å². The Kier molecular flexibility index (Phi) is 9.97. The number of carbonyl (C=O) groups is 2. The van der Waals surface area contributed by atoms with Gasteiger partial charge >= 0.3 is 24.6 Å². The molecule has 1 N–H and O–H groups in total. The minimum atomic E-state index is -6.61. The first kappa shape index (κ1) is 34.3. The van der Waals surface area contributed by atoms with Gasteiger partial charge in [0.15, 0.2) is 11.5 Å². The van der Waals surface area contributed by atoms with Gasteiger partial charge in [-0.2, -0.15) is 35.1 Å². The molecule has 238 valence electrons. The van der Waals surface area contributed by atoms with Crippen LogP contribution in [0.4, 0.5) is 55.3 Å². The molecule has 2 amide bonds. The van der Waals surface area contributed by atoms with Crippen molar-refractivity contribution in [2.24, 2.45) is 0 Å². The van der Waals surface area contributed by atoms with E-state index in [-0.39, 0.29) is 35.7 Å². The van der Waals surface area contributed by atoms with Crippen LogP contribution in [0.2, 0.25) is 5.02 Å². The second-order valence-electron chi connectivity index (χ2n) is 8.73. The van der Waals surface area contributed by atoms with Gasteiger partial charge in [0.25, 0.3) is 11.8 Å². The fourth-order valence-corrected chi connectivity index (χ4v) is 4.32. The summed E-state index contributed by atoms with van der Waals surface area (Å²) < 4.78 is 143. The van der Waals surface area contributed by atoms with E-state index in [4.69, 9.17) is 16.3 Å². The first-order chi connectivity index (χ1) is 20.4. The molecular weight excluding hydrogens is 642 g/mol. The van der Waals surface area contributed by atoms with E-state index in [0.717, 1.165) is 30.2 Å². The van der Waals surface area contributed by atoms with Gasteiger partial charge in [0.05, 0.1) is 23.4 Å². The third-order valence-electron chi connectivity index (χ3n) is 6.07. The van der Waals surface area contributed by atoms with E-state index >= 15 is 0 Å². The largest absolute Gasteiger partial charge is 0.494 e. The lowest BCUT2D eigenvalue weighted by Crippen LogP contribution is -2.50. The maximum Gasteiger partial charge on any atom is 0.435 e. The van der Waals surface area contributed by atoms with Crippen molar-refractivity contribution in [2.75, 3.05) is 23.9 Å². The first-order valence-electron chi connectivity index (χ1n) is 12.0. The Labute approximate surface area is 247 Å². The van der Waals surface area contributed by atoms with Gasteiger partial charge in [-0.1, -0.05) is 17.7 Å². The van der Waals surface area contributed by atoms with Crippen LogP contribution in [0.25, 0.3) is 0 Å². The number of anilines is 2. The molecule has 3 rings (SSSR count). The van der Waals surface area contributed by atoms with E-state index in [2.05, 4.69) is 4.74 Å². The van der Waals surface area contributed by atoms with Crippen molar-refractivity contribution in [3.8, 4) is 11.5 Å². The standard InChI is InChI=1S/C27H19ClF10N2O4/c1-3-40(23(42)13-7-9-15(29)10-8-13)18-6-4-5-16(21(18)43-2)22(41)39-20-17(28)11-14(12-19(20)44-24(30)31)25(32,26(33,34)35)27(36,37)38/h4-12,24H,3H2,1-2H3,(H,39,41). The number of halogens is 11. The minimum absolute atomic E-state index is 0.0132. The van der Waals surface area contributed by atoms with E-state index < -0.39 is 69.9 Å². The molecule has 0 atom stereocenters. The maximum atomic E-state index is 14.6. The Bertz CT molecular complexity index is 1510. The normalized spacial score (nSPS) is 12.2. The fraction of sp³-hybridized carbons (Fsp3) is 0.259. The van der Waals surface area contributed by atoms with Crippen molar-refractivity contribution in [2.45, 2.75) is 31.6 Å². The molecule has 17 heteroatoms. The van der Waals surface area contributed by atoms with Gasteiger partial charge in [-0.25, -0.2) is 8.78 Å². The average Bonchev–Trinajstić information content (AvgIpc) is 2.93. The van der Waals surface area contributed by atoms with Crippen LogP contribution in [0.5, 0.6) is 11.5 Å². The zero-order chi connectivity index (χ0) is 33.2. The van der Waals surface area contributed by atoms with Crippen LogP contribution < -0.4 is 19.7 Å². The fourth-order valence-electron chi connectivity index (χ4n) is 4.06. The molecule has 6 nitrogen and oxygen atoms in total. The van der Waals surface area contributed by atoms with Gasteiger partial charge in [-0.15, -0.1) is 0 Å². The molecule has 0 saturated carbocycles. The molecule has 0 fully saturated rings. The highest BCUT2D eigenvalue weighted by Gasteiger charge is 2.73. The monoisotopic (exact) mass is 660 g/mol. The smallest absolute Gasteiger partial charge is 0.435 e. The van der Waals surface area contributed by atoms with E-state index in [1.165, 1.54) is 24.3 Å². The molecule has 0 radical (unpaired) electrons. The van der Waals surface area contributed by atoms with Crippen molar-refractivity contribution in [3.63, 3.8) is 0 Å².